The molecule has 0 unspecified atom stereocenters. The molecule has 0 spiro atoms. The minimum absolute atomic E-state index is 0.874. The summed E-state index contributed by atoms with van der Waals surface area (Å²) < 4.78 is 0. The number of hydrogen-bond acceptors (Lipinski definition) is 1. The van der Waals surface area contributed by atoms with E-state index < -0.39 is 0 Å². The van der Waals surface area contributed by atoms with Crippen LogP contribution in [0.25, 0.3) is 10.9 Å². The second-order valence-corrected chi connectivity index (χ2v) is 3.79. The smallest absolute Gasteiger partial charge is 0.0512 e. The van der Waals surface area contributed by atoms with E-state index in [1.807, 2.05) is 6.07 Å². The number of fused-ring (bicyclic) bond motifs is 1. The fourth-order valence-electron chi connectivity index (χ4n) is 1.97. The van der Waals surface area contributed by atoms with E-state index in [4.69, 9.17) is 5.73 Å². The van der Waals surface area contributed by atoms with Crippen molar-refractivity contribution in [3.05, 3.63) is 29.0 Å². The predicted molar refractivity (Wildman–Crippen MR) is 61.6 cm³/mol. The molecular formula is C12H16N2. The summed E-state index contributed by atoms with van der Waals surface area (Å²) in [6, 6.07) is 4.11. The Morgan fingerprint density at radius 1 is 1.29 bits per heavy atom. The minimum Gasteiger partial charge on any atom is -0.398 e. The Morgan fingerprint density at radius 2 is 2.00 bits per heavy atom. The van der Waals surface area contributed by atoms with Gasteiger partial charge in [0.1, 0.15) is 0 Å². The first-order chi connectivity index (χ1) is 6.65. The fraction of sp³-hybridized carbons (Fsp3) is 0.333. The summed E-state index contributed by atoms with van der Waals surface area (Å²) in [5, 5.41) is 1.20. The van der Waals surface area contributed by atoms with E-state index >= 15 is 0 Å². The zero-order chi connectivity index (χ0) is 10.3. The lowest BCUT2D eigenvalue weighted by Crippen LogP contribution is -1.89. The molecule has 0 aliphatic heterocycles. The third kappa shape index (κ3) is 1.10. The van der Waals surface area contributed by atoms with Crippen molar-refractivity contribution in [2.24, 2.45) is 0 Å². The SMILES string of the molecule is CCc1ccc(N)c2c(C)c(C)[nH]c12. The van der Waals surface area contributed by atoms with Crippen molar-refractivity contribution in [2.75, 3.05) is 5.73 Å². The van der Waals surface area contributed by atoms with Crippen molar-refractivity contribution in [3.8, 4) is 0 Å². The van der Waals surface area contributed by atoms with Gasteiger partial charge < -0.3 is 10.7 Å². The first kappa shape index (κ1) is 9.13. The van der Waals surface area contributed by atoms with E-state index in [-0.39, 0.29) is 0 Å². The second kappa shape index (κ2) is 3.05. The van der Waals surface area contributed by atoms with Crippen molar-refractivity contribution >= 4 is 16.6 Å². The zero-order valence-electron chi connectivity index (χ0n) is 8.94. The van der Waals surface area contributed by atoms with Gasteiger partial charge in [-0.1, -0.05) is 13.0 Å². The molecule has 0 aliphatic carbocycles. The minimum atomic E-state index is 0.874. The average Bonchev–Trinajstić information content (AvgIpc) is 2.45. The lowest BCUT2D eigenvalue weighted by molar-refractivity contribution is 1.14. The van der Waals surface area contributed by atoms with Gasteiger partial charge in [0.15, 0.2) is 0 Å². The molecule has 0 saturated heterocycles. The molecular weight excluding hydrogens is 172 g/mol. The lowest BCUT2D eigenvalue weighted by Gasteiger charge is -2.02. The maximum absolute atomic E-state index is 5.97. The molecule has 3 N–H and O–H groups in total. The summed E-state index contributed by atoms with van der Waals surface area (Å²) in [5.74, 6) is 0. The molecule has 2 heteroatoms. The van der Waals surface area contributed by atoms with E-state index in [1.165, 1.54) is 27.7 Å². The lowest BCUT2D eigenvalue weighted by atomic mass is 10.1. The van der Waals surface area contributed by atoms with Crippen LogP contribution in [0.2, 0.25) is 0 Å². The molecule has 1 aromatic carbocycles. The Bertz CT molecular complexity index is 481. The van der Waals surface area contributed by atoms with Crippen LogP contribution >= 0.6 is 0 Å². The molecule has 2 aromatic rings. The number of aryl methyl sites for hydroxylation is 3. The highest BCUT2D eigenvalue weighted by Crippen LogP contribution is 2.29. The molecule has 0 radical (unpaired) electrons. The molecule has 14 heavy (non-hydrogen) atoms. The van der Waals surface area contributed by atoms with E-state index in [0.717, 1.165) is 12.1 Å². The third-order valence-corrected chi connectivity index (χ3v) is 2.95. The number of nitrogens with two attached hydrogens (primary N) is 1. The van der Waals surface area contributed by atoms with Gasteiger partial charge in [-0.15, -0.1) is 0 Å². The Labute approximate surface area is 84.1 Å². The van der Waals surface area contributed by atoms with Crippen LogP contribution in [0.3, 0.4) is 0 Å². The van der Waals surface area contributed by atoms with Crippen LogP contribution in [0.5, 0.6) is 0 Å². The predicted octanol–water partition coefficient (Wildman–Crippen LogP) is 2.93. The van der Waals surface area contributed by atoms with E-state index in [0.29, 0.717) is 0 Å². The van der Waals surface area contributed by atoms with Gasteiger partial charge in [0, 0.05) is 16.8 Å². The molecule has 1 aromatic heterocycles. The van der Waals surface area contributed by atoms with Crippen LogP contribution in [0.15, 0.2) is 12.1 Å². The number of H-pyrrole nitrogens is 1. The van der Waals surface area contributed by atoms with Crippen LogP contribution in [-0.4, -0.2) is 4.98 Å². The molecule has 1 heterocycles. The largest absolute Gasteiger partial charge is 0.398 e. The molecule has 0 bridgehead atoms. The molecule has 2 nitrogen and oxygen atoms in total. The molecule has 0 atom stereocenters. The topological polar surface area (TPSA) is 41.8 Å². The normalized spacial score (nSPS) is 11.1. The van der Waals surface area contributed by atoms with Crippen LogP contribution in [0.4, 0.5) is 5.69 Å². The maximum atomic E-state index is 5.97. The number of rotatable bonds is 1. The highest BCUT2D eigenvalue weighted by Gasteiger charge is 2.09. The van der Waals surface area contributed by atoms with E-state index in [1.54, 1.807) is 0 Å². The Hall–Kier alpha value is -1.44. The maximum Gasteiger partial charge on any atom is 0.0512 e. The standard InChI is InChI=1S/C12H16N2/c1-4-9-5-6-10(13)11-7(2)8(3)14-12(9)11/h5-6,14H,4,13H2,1-3H3. The zero-order valence-corrected chi connectivity index (χ0v) is 8.94. The van der Waals surface area contributed by atoms with Gasteiger partial charge in [-0.05, 0) is 37.5 Å². The Kier molecular flexibility index (Phi) is 1.99. The summed E-state index contributed by atoms with van der Waals surface area (Å²) in [6.45, 7) is 6.37. The highest BCUT2D eigenvalue weighted by molar-refractivity contribution is 5.96. The summed E-state index contributed by atoms with van der Waals surface area (Å²) in [5.41, 5.74) is 11.9. The van der Waals surface area contributed by atoms with Crippen molar-refractivity contribution < 1.29 is 0 Å². The molecule has 74 valence electrons. The van der Waals surface area contributed by atoms with Crippen LogP contribution in [-0.2, 0) is 6.42 Å². The summed E-state index contributed by atoms with van der Waals surface area (Å²) in [4.78, 5) is 3.41. The number of aromatic amines is 1. The van der Waals surface area contributed by atoms with Gasteiger partial charge in [0.2, 0.25) is 0 Å². The second-order valence-electron chi connectivity index (χ2n) is 3.79. The molecule has 0 saturated carbocycles. The number of nitrogens with one attached hydrogen (secondary N) is 1. The Morgan fingerprint density at radius 3 is 2.64 bits per heavy atom. The summed E-state index contributed by atoms with van der Waals surface area (Å²) >= 11 is 0. The first-order valence-corrected chi connectivity index (χ1v) is 5.01. The van der Waals surface area contributed by atoms with Gasteiger partial charge in [-0.2, -0.15) is 0 Å². The summed E-state index contributed by atoms with van der Waals surface area (Å²) in [7, 11) is 0. The van der Waals surface area contributed by atoms with Gasteiger partial charge in [0.05, 0.1) is 5.52 Å². The molecule has 0 aliphatic rings. The van der Waals surface area contributed by atoms with Crippen LogP contribution < -0.4 is 5.73 Å². The fourth-order valence-corrected chi connectivity index (χ4v) is 1.97. The van der Waals surface area contributed by atoms with Crippen molar-refractivity contribution in [3.63, 3.8) is 0 Å². The number of hydrogen-bond donors (Lipinski definition) is 2. The van der Waals surface area contributed by atoms with Gasteiger partial charge in [-0.3, -0.25) is 0 Å². The van der Waals surface area contributed by atoms with E-state index in [9.17, 15) is 0 Å². The van der Waals surface area contributed by atoms with Gasteiger partial charge in [0.25, 0.3) is 0 Å². The molecule has 0 amide bonds. The third-order valence-electron chi connectivity index (χ3n) is 2.95. The first-order valence-electron chi connectivity index (χ1n) is 5.01. The molecule has 2 rings (SSSR count). The number of nitrogen functional groups attached to an aromatic ring is 1. The quantitative estimate of drug-likeness (QED) is 0.664. The average molecular weight is 188 g/mol. The number of benzene rings is 1. The van der Waals surface area contributed by atoms with E-state index in [2.05, 4.69) is 31.8 Å². The Balaban J connectivity index is 2.91. The van der Waals surface area contributed by atoms with Crippen LogP contribution in [0, 0.1) is 13.8 Å². The molecule has 0 fully saturated rings. The number of anilines is 1. The van der Waals surface area contributed by atoms with Crippen molar-refractivity contribution in [1.82, 2.24) is 4.98 Å². The summed E-state index contributed by atoms with van der Waals surface area (Å²) in [6.07, 6.45) is 1.04. The highest BCUT2D eigenvalue weighted by atomic mass is 14.7. The monoisotopic (exact) mass is 188 g/mol. The number of aromatic nitrogens is 1. The van der Waals surface area contributed by atoms with Gasteiger partial charge in [-0.25, -0.2) is 0 Å². The van der Waals surface area contributed by atoms with Gasteiger partial charge >= 0.3 is 0 Å². The van der Waals surface area contributed by atoms with Crippen LogP contribution in [0.1, 0.15) is 23.7 Å². The van der Waals surface area contributed by atoms with Crippen molar-refractivity contribution in [1.29, 1.82) is 0 Å². The van der Waals surface area contributed by atoms with Crippen molar-refractivity contribution in [2.45, 2.75) is 27.2 Å².